The largest absolute Gasteiger partial charge is 0.272 e. The molecule has 0 atom stereocenters. The number of amides is 2. The highest BCUT2D eigenvalue weighted by atomic mass is 32.2. The standard InChI is InChI=1S/C17H16N2O2S/c1-2-18(12-13-8-4-3-5-9-13)22-19-16(20)14-10-6-7-11-15(14)17(19)21/h3-11H,2,12H2,1H3. The van der Waals surface area contributed by atoms with Crippen LogP contribution >= 0.6 is 12.1 Å². The fraction of sp³-hybridized carbons (Fsp3) is 0.176. The molecular weight excluding hydrogens is 296 g/mol. The number of benzene rings is 2. The predicted octanol–water partition coefficient (Wildman–Crippen LogP) is 3.37. The molecule has 0 aromatic heterocycles. The van der Waals surface area contributed by atoms with Gasteiger partial charge in [0.15, 0.2) is 0 Å². The Hall–Kier alpha value is -2.11. The number of fused-ring (bicyclic) bond motifs is 1. The Labute approximate surface area is 134 Å². The fourth-order valence-corrected chi connectivity index (χ4v) is 3.24. The van der Waals surface area contributed by atoms with E-state index in [1.807, 2.05) is 41.6 Å². The van der Waals surface area contributed by atoms with Gasteiger partial charge in [0.1, 0.15) is 0 Å². The Morgan fingerprint density at radius 2 is 1.45 bits per heavy atom. The van der Waals surface area contributed by atoms with Crippen molar-refractivity contribution < 1.29 is 9.59 Å². The lowest BCUT2D eigenvalue weighted by atomic mass is 10.1. The Morgan fingerprint density at radius 3 is 2.00 bits per heavy atom. The third-order valence-corrected chi connectivity index (χ3v) is 4.62. The summed E-state index contributed by atoms with van der Waals surface area (Å²) in [5.74, 6) is -0.478. The second kappa shape index (κ2) is 6.34. The lowest BCUT2D eigenvalue weighted by Gasteiger charge is -2.23. The molecule has 4 nitrogen and oxygen atoms in total. The maximum atomic E-state index is 12.4. The van der Waals surface area contributed by atoms with Gasteiger partial charge in [-0.2, -0.15) is 0 Å². The Bertz CT molecular complexity index is 668. The van der Waals surface area contributed by atoms with Crippen LogP contribution in [0.4, 0.5) is 0 Å². The fourth-order valence-electron chi connectivity index (χ4n) is 2.34. The summed E-state index contributed by atoms with van der Waals surface area (Å²) in [7, 11) is 0. The third-order valence-electron chi connectivity index (χ3n) is 3.51. The number of carbonyl (C=O) groups excluding carboxylic acids is 2. The van der Waals surface area contributed by atoms with Crippen LogP contribution < -0.4 is 0 Å². The van der Waals surface area contributed by atoms with Gasteiger partial charge in [0.25, 0.3) is 11.8 Å². The van der Waals surface area contributed by atoms with Crippen LogP contribution in [0.1, 0.15) is 33.2 Å². The molecule has 0 bridgehead atoms. The van der Waals surface area contributed by atoms with Crippen molar-refractivity contribution in [2.45, 2.75) is 13.5 Å². The van der Waals surface area contributed by atoms with E-state index in [1.54, 1.807) is 24.3 Å². The molecule has 0 radical (unpaired) electrons. The summed E-state index contributed by atoms with van der Waals surface area (Å²) < 4.78 is 3.24. The first-order chi connectivity index (χ1) is 10.7. The van der Waals surface area contributed by atoms with Gasteiger partial charge in [0.05, 0.1) is 23.3 Å². The molecule has 5 heteroatoms. The van der Waals surface area contributed by atoms with Gasteiger partial charge in [0.2, 0.25) is 0 Å². The molecule has 2 aromatic rings. The summed E-state index contributed by atoms with van der Waals surface area (Å²) in [5.41, 5.74) is 2.11. The van der Waals surface area contributed by atoms with E-state index in [4.69, 9.17) is 0 Å². The van der Waals surface area contributed by atoms with Crippen LogP contribution in [0.25, 0.3) is 0 Å². The van der Waals surface area contributed by atoms with E-state index in [-0.39, 0.29) is 11.8 Å². The molecule has 3 rings (SSSR count). The van der Waals surface area contributed by atoms with Crippen LogP contribution in [0.15, 0.2) is 54.6 Å². The topological polar surface area (TPSA) is 40.6 Å². The number of carbonyl (C=O) groups is 2. The quantitative estimate of drug-likeness (QED) is 0.627. The van der Waals surface area contributed by atoms with Crippen molar-refractivity contribution in [3.8, 4) is 0 Å². The second-order valence-electron chi connectivity index (χ2n) is 4.97. The highest BCUT2D eigenvalue weighted by Crippen LogP contribution is 2.30. The zero-order valence-corrected chi connectivity index (χ0v) is 13.0. The minimum Gasteiger partial charge on any atom is -0.268 e. The molecule has 0 spiro atoms. The van der Waals surface area contributed by atoms with Gasteiger partial charge in [-0.05, 0) is 17.7 Å². The van der Waals surface area contributed by atoms with Crippen LogP contribution in [-0.4, -0.2) is 27.0 Å². The second-order valence-corrected chi connectivity index (χ2v) is 6.02. The summed E-state index contributed by atoms with van der Waals surface area (Å²) in [6.07, 6.45) is 0. The van der Waals surface area contributed by atoms with E-state index in [9.17, 15) is 9.59 Å². The molecule has 0 fully saturated rings. The van der Waals surface area contributed by atoms with Crippen molar-refractivity contribution in [2.24, 2.45) is 0 Å². The molecule has 2 amide bonds. The summed E-state index contributed by atoms with van der Waals surface area (Å²) in [5, 5.41) is 0. The van der Waals surface area contributed by atoms with Gasteiger partial charge >= 0.3 is 0 Å². The summed E-state index contributed by atoms with van der Waals surface area (Å²) in [6, 6.07) is 17.0. The SMILES string of the molecule is CCN(Cc1ccccc1)SN1C(=O)c2ccccc2C1=O. The van der Waals surface area contributed by atoms with Crippen LogP contribution in [-0.2, 0) is 6.54 Å². The number of hydrogen-bond donors (Lipinski definition) is 0. The van der Waals surface area contributed by atoms with E-state index in [0.717, 1.165) is 12.1 Å². The molecule has 1 aliphatic heterocycles. The third kappa shape index (κ3) is 2.77. The van der Waals surface area contributed by atoms with Crippen molar-refractivity contribution in [1.82, 2.24) is 8.61 Å². The van der Waals surface area contributed by atoms with E-state index < -0.39 is 0 Å². The molecule has 0 N–H and O–H groups in total. The average molecular weight is 312 g/mol. The van der Waals surface area contributed by atoms with Crippen molar-refractivity contribution in [3.63, 3.8) is 0 Å². The molecule has 22 heavy (non-hydrogen) atoms. The minimum atomic E-state index is -0.239. The Balaban J connectivity index is 1.75. The maximum Gasteiger partial charge on any atom is 0.272 e. The van der Waals surface area contributed by atoms with Crippen molar-refractivity contribution >= 4 is 23.9 Å². The predicted molar refractivity (Wildman–Crippen MR) is 87.1 cm³/mol. The van der Waals surface area contributed by atoms with E-state index in [2.05, 4.69) is 0 Å². The monoisotopic (exact) mass is 312 g/mol. The van der Waals surface area contributed by atoms with E-state index >= 15 is 0 Å². The zero-order chi connectivity index (χ0) is 15.5. The molecule has 0 unspecified atom stereocenters. The van der Waals surface area contributed by atoms with Gasteiger partial charge in [-0.3, -0.25) is 9.59 Å². The lowest BCUT2D eigenvalue weighted by Crippen LogP contribution is -2.29. The molecular formula is C17H16N2O2S. The first-order valence-corrected chi connectivity index (χ1v) is 7.88. The molecule has 1 heterocycles. The molecule has 112 valence electrons. The number of nitrogens with zero attached hydrogens (tertiary/aromatic N) is 2. The summed E-state index contributed by atoms with van der Waals surface area (Å²) >= 11 is 1.19. The molecule has 1 aliphatic rings. The smallest absolute Gasteiger partial charge is 0.268 e. The maximum absolute atomic E-state index is 12.4. The molecule has 2 aromatic carbocycles. The number of hydrogen-bond acceptors (Lipinski definition) is 4. The van der Waals surface area contributed by atoms with Gasteiger partial charge in [-0.15, -0.1) is 0 Å². The first kappa shape index (κ1) is 14.8. The highest BCUT2D eigenvalue weighted by Gasteiger charge is 2.37. The van der Waals surface area contributed by atoms with Gasteiger partial charge in [0, 0.05) is 13.1 Å². The van der Waals surface area contributed by atoms with E-state index in [0.29, 0.717) is 17.7 Å². The Kier molecular flexibility index (Phi) is 4.27. The highest BCUT2D eigenvalue weighted by molar-refractivity contribution is 7.95. The lowest BCUT2D eigenvalue weighted by molar-refractivity contribution is 0.0772. The van der Waals surface area contributed by atoms with Crippen molar-refractivity contribution in [1.29, 1.82) is 0 Å². The van der Waals surface area contributed by atoms with Gasteiger partial charge in [-0.1, -0.05) is 49.4 Å². The van der Waals surface area contributed by atoms with Crippen LogP contribution in [0, 0.1) is 0 Å². The molecule has 0 aliphatic carbocycles. The van der Waals surface area contributed by atoms with Gasteiger partial charge in [-0.25, -0.2) is 8.61 Å². The minimum absolute atomic E-state index is 0.239. The summed E-state index contributed by atoms with van der Waals surface area (Å²) in [6.45, 7) is 3.41. The van der Waals surface area contributed by atoms with Crippen LogP contribution in [0.2, 0.25) is 0 Å². The number of rotatable bonds is 5. The van der Waals surface area contributed by atoms with Crippen molar-refractivity contribution in [3.05, 3.63) is 71.3 Å². The van der Waals surface area contributed by atoms with E-state index in [1.165, 1.54) is 16.4 Å². The molecule has 0 saturated carbocycles. The molecule has 0 saturated heterocycles. The Morgan fingerprint density at radius 1 is 0.909 bits per heavy atom. The normalized spacial score (nSPS) is 13.8. The zero-order valence-electron chi connectivity index (χ0n) is 12.2. The number of imide groups is 1. The first-order valence-electron chi connectivity index (χ1n) is 7.15. The van der Waals surface area contributed by atoms with Crippen molar-refractivity contribution in [2.75, 3.05) is 6.54 Å². The van der Waals surface area contributed by atoms with Crippen LogP contribution in [0.5, 0.6) is 0 Å². The summed E-state index contributed by atoms with van der Waals surface area (Å²) in [4.78, 5) is 24.7. The van der Waals surface area contributed by atoms with Gasteiger partial charge < -0.3 is 0 Å². The average Bonchev–Trinajstić information content (AvgIpc) is 2.80. The van der Waals surface area contributed by atoms with Crippen LogP contribution in [0.3, 0.4) is 0 Å².